The zero-order chi connectivity index (χ0) is 14.8. The van der Waals surface area contributed by atoms with Crippen LogP contribution in [0.2, 0.25) is 0 Å². The van der Waals surface area contributed by atoms with Crippen molar-refractivity contribution in [3.63, 3.8) is 0 Å². The molecular formula is C18H16N2O. The number of benzene rings is 3. The molecule has 3 aromatic rings. The van der Waals surface area contributed by atoms with E-state index in [0.717, 1.165) is 11.4 Å². The second-order valence-electron chi connectivity index (χ2n) is 4.21. The van der Waals surface area contributed by atoms with Crippen LogP contribution in [-0.4, -0.2) is 5.11 Å². The van der Waals surface area contributed by atoms with Crippen molar-refractivity contribution >= 4 is 11.4 Å². The Labute approximate surface area is 124 Å². The summed E-state index contributed by atoms with van der Waals surface area (Å²) >= 11 is 0. The summed E-state index contributed by atoms with van der Waals surface area (Å²) in [7, 11) is 0. The Balaban J connectivity index is 0.000000194. The Kier molecular flexibility index (Phi) is 5.70. The molecule has 0 saturated carbocycles. The fourth-order valence-corrected chi connectivity index (χ4v) is 1.53. The van der Waals surface area contributed by atoms with Crippen molar-refractivity contribution < 1.29 is 5.11 Å². The molecule has 0 aliphatic rings. The third kappa shape index (κ3) is 5.70. The molecular weight excluding hydrogens is 260 g/mol. The lowest BCUT2D eigenvalue weighted by molar-refractivity contribution is 0.475. The summed E-state index contributed by atoms with van der Waals surface area (Å²) in [6.45, 7) is 0. The van der Waals surface area contributed by atoms with E-state index >= 15 is 0 Å². The van der Waals surface area contributed by atoms with Crippen LogP contribution in [0.3, 0.4) is 0 Å². The van der Waals surface area contributed by atoms with Gasteiger partial charge in [0.05, 0.1) is 11.4 Å². The van der Waals surface area contributed by atoms with E-state index < -0.39 is 0 Å². The first-order chi connectivity index (χ1) is 10.3. The number of azo groups is 1. The monoisotopic (exact) mass is 276 g/mol. The molecule has 0 aliphatic carbocycles. The van der Waals surface area contributed by atoms with Gasteiger partial charge in [0.15, 0.2) is 0 Å². The molecule has 3 rings (SSSR count). The van der Waals surface area contributed by atoms with Crippen LogP contribution in [0, 0.1) is 0 Å². The predicted molar refractivity (Wildman–Crippen MR) is 85.2 cm³/mol. The summed E-state index contributed by atoms with van der Waals surface area (Å²) in [5.74, 6) is 0.322. The third-order valence-electron chi connectivity index (χ3n) is 2.55. The lowest BCUT2D eigenvalue weighted by atomic mass is 10.3. The molecule has 0 heterocycles. The van der Waals surface area contributed by atoms with Gasteiger partial charge in [-0.3, -0.25) is 0 Å². The van der Waals surface area contributed by atoms with E-state index in [9.17, 15) is 0 Å². The standard InChI is InChI=1S/C12H10N2.C6H6O/c1-3-7-11(8-4-1)13-14-12-9-5-2-6-10-12;7-6-4-2-1-3-5-6/h1-10H;1-5,7H/b14-13+;. The van der Waals surface area contributed by atoms with E-state index in [4.69, 9.17) is 5.11 Å². The minimum Gasteiger partial charge on any atom is -0.508 e. The number of hydrogen-bond acceptors (Lipinski definition) is 3. The highest BCUT2D eigenvalue weighted by atomic mass is 16.3. The van der Waals surface area contributed by atoms with Crippen LogP contribution >= 0.6 is 0 Å². The lowest BCUT2D eigenvalue weighted by Crippen LogP contribution is -1.62. The topological polar surface area (TPSA) is 45.0 Å². The first-order valence-electron chi connectivity index (χ1n) is 6.60. The Morgan fingerprint density at radius 3 is 1.10 bits per heavy atom. The van der Waals surface area contributed by atoms with Crippen molar-refractivity contribution in [3.8, 4) is 5.75 Å². The second kappa shape index (κ2) is 8.27. The van der Waals surface area contributed by atoms with Gasteiger partial charge in [0, 0.05) is 0 Å². The van der Waals surface area contributed by atoms with Crippen LogP contribution in [0.25, 0.3) is 0 Å². The normalized spacial score (nSPS) is 9.90. The number of para-hydroxylation sites is 1. The quantitative estimate of drug-likeness (QED) is 0.617. The maximum Gasteiger partial charge on any atom is 0.115 e. The van der Waals surface area contributed by atoms with E-state index in [2.05, 4.69) is 10.2 Å². The van der Waals surface area contributed by atoms with Gasteiger partial charge in [-0.1, -0.05) is 54.6 Å². The van der Waals surface area contributed by atoms with Crippen LogP contribution in [0.15, 0.2) is 101 Å². The summed E-state index contributed by atoms with van der Waals surface area (Å²) in [5.41, 5.74) is 1.74. The average Bonchev–Trinajstić information content (AvgIpc) is 2.56. The first kappa shape index (κ1) is 14.5. The van der Waals surface area contributed by atoms with Gasteiger partial charge < -0.3 is 5.11 Å². The van der Waals surface area contributed by atoms with Gasteiger partial charge in [0.25, 0.3) is 0 Å². The first-order valence-corrected chi connectivity index (χ1v) is 6.60. The Morgan fingerprint density at radius 2 is 0.810 bits per heavy atom. The van der Waals surface area contributed by atoms with Gasteiger partial charge in [0.2, 0.25) is 0 Å². The number of phenols is 1. The zero-order valence-electron chi connectivity index (χ0n) is 11.5. The van der Waals surface area contributed by atoms with Gasteiger partial charge >= 0.3 is 0 Å². The molecule has 21 heavy (non-hydrogen) atoms. The number of aromatic hydroxyl groups is 1. The molecule has 0 aliphatic heterocycles. The van der Waals surface area contributed by atoms with Crippen molar-refractivity contribution in [3.05, 3.63) is 91.0 Å². The van der Waals surface area contributed by atoms with Gasteiger partial charge in [0.1, 0.15) is 5.75 Å². The number of hydrogen-bond donors (Lipinski definition) is 1. The van der Waals surface area contributed by atoms with E-state index in [-0.39, 0.29) is 0 Å². The smallest absolute Gasteiger partial charge is 0.115 e. The molecule has 1 N–H and O–H groups in total. The molecule has 104 valence electrons. The van der Waals surface area contributed by atoms with Gasteiger partial charge in [-0.2, -0.15) is 10.2 Å². The minimum absolute atomic E-state index is 0.322. The molecule has 0 fully saturated rings. The van der Waals surface area contributed by atoms with E-state index in [1.807, 2.05) is 66.7 Å². The molecule has 0 bridgehead atoms. The lowest BCUT2D eigenvalue weighted by Gasteiger charge is -1.91. The number of nitrogens with zero attached hydrogens (tertiary/aromatic N) is 2. The highest BCUT2D eigenvalue weighted by molar-refractivity contribution is 5.39. The van der Waals surface area contributed by atoms with Gasteiger partial charge in [-0.25, -0.2) is 0 Å². The van der Waals surface area contributed by atoms with E-state index in [1.54, 1.807) is 24.3 Å². The molecule has 0 saturated heterocycles. The average molecular weight is 276 g/mol. The number of phenolic OH excluding ortho intramolecular Hbond substituents is 1. The van der Waals surface area contributed by atoms with E-state index in [1.165, 1.54) is 0 Å². The molecule has 0 spiro atoms. The highest BCUT2D eigenvalue weighted by Crippen LogP contribution is 2.16. The fraction of sp³-hybridized carbons (Fsp3) is 0. The van der Waals surface area contributed by atoms with Crippen LogP contribution in [0.1, 0.15) is 0 Å². The Morgan fingerprint density at radius 1 is 0.476 bits per heavy atom. The predicted octanol–water partition coefficient (Wildman–Crippen LogP) is 5.49. The Hall–Kier alpha value is -2.94. The SMILES string of the molecule is Oc1ccccc1.c1ccc(/N=N/c2ccccc2)cc1. The van der Waals surface area contributed by atoms with Crippen LogP contribution in [0.5, 0.6) is 5.75 Å². The summed E-state index contributed by atoms with van der Waals surface area (Å²) in [4.78, 5) is 0. The maximum atomic E-state index is 8.63. The summed E-state index contributed by atoms with van der Waals surface area (Å²) in [5, 5.41) is 16.8. The van der Waals surface area contributed by atoms with Crippen molar-refractivity contribution in [2.24, 2.45) is 10.2 Å². The molecule has 0 radical (unpaired) electrons. The largest absolute Gasteiger partial charge is 0.508 e. The van der Waals surface area contributed by atoms with Crippen LogP contribution in [-0.2, 0) is 0 Å². The number of rotatable bonds is 2. The zero-order valence-corrected chi connectivity index (χ0v) is 11.5. The van der Waals surface area contributed by atoms with Crippen molar-refractivity contribution in [2.45, 2.75) is 0 Å². The van der Waals surface area contributed by atoms with Crippen molar-refractivity contribution in [1.82, 2.24) is 0 Å². The van der Waals surface area contributed by atoms with Gasteiger partial charge in [-0.05, 0) is 36.4 Å². The van der Waals surface area contributed by atoms with Gasteiger partial charge in [-0.15, -0.1) is 0 Å². The van der Waals surface area contributed by atoms with Crippen LogP contribution < -0.4 is 0 Å². The van der Waals surface area contributed by atoms with Crippen molar-refractivity contribution in [2.75, 3.05) is 0 Å². The molecule has 3 aromatic carbocycles. The fourth-order valence-electron chi connectivity index (χ4n) is 1.53. The maximum absolute atomic E-state index is 8.63. The molecule has 0 unspecified atom stereocenters. The molecule has 0 atom stereocenters. The van der Waals surface area contributed by atoms with Crippen LogP contribution in [0.4, 0.5) is 11.4 Å². The molecule has 0 aromatic heterocycles. The highest BCUT2D eigenvalue weighted by Gasteiger charge is 1.86. The summed E-state index contributed by atoms with van der Waals surface area (Å²) in [6.07, 6.45) is 0. The summed E-state index contributed by atoms with van der Waals surface area (Å²) < 4.78 is 0. The summed E-state index contributed by atoms with van der Waals surface area (Å²) in [6, 6.07) is 28.1. The van der Waals surface area contributed by atoms with E-state index in [0.29, 0.717) is 5.75 Å². The molecule has 3 heteroatoms. The second-order valence-corrected chi connectivity index (χ2v) is 4.21. The minimum atomic E-state index is 0.322. The van der Waals surface area contributed by atoms with Crippen molar-refractivity contribution in [1.29, 1.82) is 0 Å². The molecule has 0 amide bonds. The molecule has 3 nitrogen and oxygen atoms in total. The Bertz CT molecular complexity index is 611. The third-order valence-corrected chi connectivity index (χ3v) is 2.55.